The van der Waals surface area contributed by atoms with E-state index in [1.54, 1.807) is 7.11 Å². The molecule has 0 spiro atoms. The molecule has 0 N–H and O–H groups in total. The van der Waals surface area contributed by atoms with Gasteiger partial charge in [0.25, 0.3) is 0 Å². The fraction of sp³-hybridized carbons (Fsp3) is 0.500. The van der Waals surface area contributed by atoms with E-state index in [-0.39, 0.29) is 18.3 Å². The second kappa shape index (κ2) is 6.64. The molecule has 1 aliphatic rings. The Hall–Kier alpha value is -1.22. The first-order chi connectivity index (χ1) is 8.24. The predicted molar refractivity (Wildman–Crippen MR) is 76.0 cm³/mol. The van der Waals surface area contributed by atoms with Crippen LogP contribution < -0.4 is 9.64 Å². The van der Waals surface area contributed by atoms with Gasteiger partial charge in [-0.15, -0.1) is 12.4 Å². The average molecular weight is 270 g/mol. The Balaban J connectivity index is 0.00000162. The van der Waals surface area contributed by atoms with Gasteiger partial charge in [0, 0.05) is 24.7 Å². The minimum atomic E-state index is 0. The fourth-order valence-corrected chi connectivity index (χ4v) is 2.35. The summed E-state index contributed by atoms with van der Waals surface area (Å²) < 4.78 is 5.26. The number of rotatable bonds is 3. The Morgan fingerprint density at radius 1 is 1.33 bits per heavy atom. The maximum Gasteiger partial charge on any atom is 0.123 e. The standard InChI is InChI=1S/C14H19NO2.ClH/c1-11-9-13(3-4-14(11)17-2)15-7-5-12(10-16)6-8-15;/h3-4,9-10,12H,5-8H2,1-2H3;1H. The maximum absolute atomic E-state index is 10.7. The van der Waals surface area contributed by atoms with Gasteiger partial charge in [0.15, 0.2) is 0 Å². The van der Waals surface area contributed by atoms with Crippen LogP contribution in [-0.4, -0.2) is 26.5 Å². The molecule has 1 aromatic carbocycles. The van der Waals surface area contributed by atoms with Crippen molar-refractivity contribution in [3.05, 3.63) is 23.8 Å². The Morgan fingerprint density at radius 2 is 2.00 bits per heavy atom. The number of ether oxygens (including phenoxy) is 1. The number of anilines is 1. The molecule has 0 aromatic heterocycles. The lowest BCUT2D eigenvalue weighted by Gasteiger charge is -2.31. The molecule has 1 fully saturated rings. The van der Waals surface area contributed by atoms with Crippen molar-refractivity contribution in [1.29, 1.82) is 0 Å². The zero-order valence-electron chi connectivity index (χ0n) is 10.9. The summed E-state index contributed by atoms with van der Waals surface area (Å²) in [6.45, 7) is 3.99. The first kappa shape index (κ1) is 14.8. The number of aryl methyl sites for hydroxylation is 1. The second-order valence-electron chi connectivity index (χ2n) is 4.61. The van der Waals surface area contributed by atoms with Crippen molar-refractivity contribution in [2.24, 2.45) is 5.92 Å². The van der Waals surface area contributed by atoms with Crippen LogP contribution in [0.5, 0.6) is 5.75 Å². The summed E-state index contributed by atoms with van der Waals surface area (Å²) >= 11 is 0. The van der Waals surface area contributed by atoms with Gasteiger partial charge < -0.3 is 14.4 Å². The largest absolute Gasteiger partial charge is 0.496 e. The van der Waals surface area contributed by atoms with E-state index in [2.05, 4.69) is 24.0 Å². The third kappa shape index (κ3) is 3.16. The zero-order chi connectivity index (χ0) is 12.3. The third-order valence-corrected chi connectivity index (χ3v) is 3.48. The lowest BCUT2D eigenvalue weighted by Crippen LogP contribution is -2.34. The third-order valence-electron chi connectivity index (χ3n) is 3.48. The van der Waals surface area contributed by atoms with Crippen LogP contribution >= 0.6 is 12.4 Å². The molecule has 1 heterocycles. The summed E-state index contributed by atoms with van der Waals surface area (Å²) in [4.78, 5) is 13.0. The van der Waals surface area contributed by atoms with Crippen LogP contribution in [0.2, 0.25) is 0 Å². The molecule has 0 radical (unpaired) electrons. The Labute approximate surface area is 115 Å². The van der Waals surface area contributed by atoms with Crippen LogP contribution in [0.25, 0.3) is 0 Å². The van der Waals surface area contributed by atoms with Crippen molar-refractivity contribution in [2.75, 3.05) is 25.1 Å². The van der Waals surface area contributed by atoms with E-state index < -0.39 is 0 Å². The van der Waals surface area contributed by atoms with Crippen molar-refractivity contribution in [2.45, 2.75) is 19.8 Å². The molecule has 1 aromatic rings. The fourth-order valence-electron chi connectivity index (χ4n) is 2.35. The number of aldehydes is 1. The lowest BCUT2D eigenvalue weighted by molar-refractivity contribution is -0.111. The quantitative estimate of drug-likeness (QED) is 0.791. The lowest BCUT2D eigenvalue weighted by atomic mass is 9.98. The Kier molecular flexibility index (Phi) is 5.48. The van der Waals surface area contributed by atoms with E-state index in [0.29, 0.717) is 0 Å². The van der Waals surface area contributed by atoms with Gasteiger partial charge in [0.1, 0.15) is 12.0 Å². The molecule has 100 valence electrons. The van der Waals surface area contributed by atoms with Crippen LogP contribution in [0.4, 0.5) is 5.69 Å². The molecule has 0 atom stereocenters. The first-order valence-corrected chi connectivity index (χ1v) is 6.09. The van der Waals surface area contributed by atoms with Crippen LogP contribution in [0, 0.1) is 12.8 Å². The molecular weight excluding hydrogens is 250 g/mol. The molecule has 1 saturated heterocycles. The first-order valence-electron chi connectivity index (χ1n) is 6.09. The number of carbonyl (C=O) groups is 1. The van der Waals surface area contributed by atoms with E-state index in [9.17, 15) is 4.79 Å². The normalized spacial score (nSPS) is 16.0. The van der Waals surface area contributed by atoms with Crippen LogP contribution in [-0.2, 0) is 4.79 Å². The topological polar surface area (TPSA) is 29.5 Å². The van der Waals surface area contributed by atoms with Gasteiger partial charge in [0.2, 0.25) is 0 Å². The number of halogens is 1. The molecule has 0 bridgehead atoms. The highest BCUT2D eigenvalue weighted by atomic mass is 35.5. The Bertz CT molecular complexity index is 401. The average Bonchev–Trinajstić information content (AvgIpc) is 2.39. The van der Waals surface area contributed by atoms with E-state index in [1.807, 2.05) is 6.07 Å². The summed E-state index contributed by atoms with van der Waals surface area (Å²) in [7, 11) is 1.69. The van der Waals surface area contributed by atoms with Crippen molar-refractivity contribution in [3.63, 3.8) is 0 Å². The van der Waals surface area contributed by atoms with E-state index in [0.717, 1.165) is 43.5 Å². The number of nitrogens with zero attached hydrogens (tertiary/aromatic N) is 1. The molecule has 4 heteroatoms. The minimum Gasteiger partial charge on any atom is -0.496 e. The van der Waals surface area contributed by atoms with Gasteiger partial charge in [-0.1, -0.05) is 0 Å². The summed E-state index contributed by atoms with van der Waals surface area (Å²) in [6.07, 6.45) is 3.03. The molecule has 3 nitrogen and oxygen atoms in total. The molecule has 0 unspecified atom stereocenters. The number of hydrogen-bond donors (Lipinski definition) is 0. The van der Waals surface area contributed by atoms with Gasteiger partial charge in [-0.25, -0.2) is 0 Å². The predicted octanol–water partition coefficient (Wildman–Crippen LogP) is 2.84. The van der Waals surface area contributed by atoms with E-state index in [4.69, 9.17) is 4.74 Å². The van der Waals surface area contributed by atoms with Gasteiger partial charge >= 0.3 is 0 Å². The van der Waals surface area contributed by atoms with Gasteiger partial charge in [-0.2, -0.15) is 0 Å². The monoisotopic (exact) mass is 269 g/mol. The summed E-state index contributed by atoms with van der Waals surface area (Å²) in [5, 5.41) is 0. The van der Waals surface area contributed by atoms with E-state index >= 15 is 0 Å². The van der Waals surface area contributed by atoms with Crippen LogP contribution in [0.1, 0.15) is 18.4 Å². The number of benzene rings is 1. The zero-order valence-corrected chi connectivity index (χ0v) is 11.7. The van der Waals surface area contributed by atoms with E-state index in [1.165, 1.54) is 5.69 Å². The molecule has 0 amide bonds. The second-order valence-corrected chi connectivity index (χ2v) is 4.61. The molecular formula is C14H20ClNO2. The van der Waals surface area contributed by atoms with Crippen molar-refractivity contribution in [1.82, 2.24) is 0 Å². The van der Waals surface area contributed by atoms with Crippen molar-refractivity contribution in [3.8, 4) is 5.75 Å². The van der Waals surface area contributed by atoms with Crippen LogP contribution in [0.15, 0.2) is 18.2 Å². The molecule has 18 heavy (non-hydrogen) atoms. The molecule has 1 aliphatic heterocycles. The van der Waals surface area contributed by atoms with Crippen LogP contribution in [0.3, 0.4) is 0 Å². The SMILES string of the molecule is COc1ccc(N2CCC(C=O)CC2)cc1C.Cl. The molecule has 0 aliphatic carbocycles. The number of piperidine rings is 1. The number of methoxy groups -OCH3 is 1. The van der Waals surface area contributed by atoms with Crippen molar-refractivity contribution < 1.29 is 9.53 Å². The van der Waals surface area contributed by atoms with Gasteiger partial charge in [-0.3, -0.25) is 0 Å². The smallest absolute Gasteiger partial charge is 0.123 e. The van der Waals surface area contributed by atoms with Gasteiger partial charge in [0.05, 0.1) is 7.11 Å². The minimum absolute atomic E-state index is 0. The summed E-state index contributed by atoms with van der Waals surface area (Å²) in [5.41, 5.74) is 2.38. The summed E-state index contributed by atoms with van der Waals surface area (Å²) in [6, 6.07) is 6.25. The highest BCUT2D eigenvalue weighted by molar-refractivity contribution is 5.85. The van der Waals surface area contributed by atoms with Gasteiger partial charge in [-0.05, 0) is 43.5 Å². The highest BCUT2D eigenvalue weighted by Gasteiger charge is 2.18. The maximum atomic E-state index is 10.7. The highest BCUT2D eigenvalue weighted by Crippen LogP contribution is 2.27. The summed E-state index contributed by atoms with van der Waals surface area (Å²) in [5.74, 6) is 1.18. The number of carbonyl (C=O) groups excluding carboxylic acids is 1. The Morgan fingerprint density at radius 3 is 2.50 bits per heavy atom. The van der Waals surface area contributed by atoms with Crippen molar-refractivity contribution >= 4 is 24.4 Å². The molecule has 2 rings (SSSR count). The molecule has 0 saturated carbocycles. The number of hydrogen-bond acceptors (Lipinski definition) is 3.